The van der Waals surface area contributed by atoms with Crippen molar-refractivity contribution >= 4 is 11.8 Å². The van der Waals surface area contributed by atoms with Crippen LogP contribution in [0.3, 0.4) is 0 Å². The quantitative estimate of drug-likeness (QED) is 0.805. The van der Waals surface area contributed by atoms with Gasteiger partial charge >= 0.3 is 0 Å². The van der Waals surface area contributed by atoms with Gasteiger partial charge in [-0.25, -0.2) is 0 Å². The Morgan fingerprint density at radius 3 is 2.72 bits per heavy atom. The van der Waals surface area contributed by atoms with Crippen molar-refractivity contribution in [1.82, 2.24) is 10.2 Å². The Morgan fingerprint density at radius 1 is 1.39 bits per heavy atom. The predicted octanol–water partition coefficient (Wildman–Crippen LogP) is 0.679. The first-order valence-corrected chi connectivity index (χ1v) is 6.75. The summed E-state index contributed by atoms with van der Waals surface area (Å²) in [4.78, 5) is 26.1. The van der Waals surface area contributed by atoms with Gasteiger partial charge in [-0.15, -0.1) is 0 Å². The third kappa shape index (κ3) is 2.11. The monoisotopic (exact) mass is 254 g/mol. The molecule has 0 aromatic rings. The third-order valence-corrected chi connectivity index (χ3v) is 4.15. The molecule has 18 heavy (non-hydrogen) atoms. The van der Waals surface area contributed by atoms with Crippen LogP contribution in [0, 0.1) is 0 Å². The van der Waals surface area contributed by atoms with Gasteiger partial charge < -0.3 is 15.0 Å². The molecule has 0 radical (unpaired) electrons. The number of carbonyl (C=O) groups excluding carboxylic acids is 2. The van der Waals surface area contributed by atoms with Crippen LogP contribution in [-0.4, -0.2) is 48.1 Å². The van der Waals surface area contributed by atoms with Crippen LogP contribution < -0.4 is 5.32 Å². The Balaban J connectivity index is 2.22. The zero-order chi connectivity index (χ0) is 13.3. The van der Waals surface area contributed by atoms with E-state index in [-0.39, 0.29) is 36.0 Å². The zero-order valence-corrected chi connectivity index (χ0v) is 11.3. The second-order valence-electron chi connectivity index (χ2n) is 5.16. The summed E-state index contributed by atoms with van der Waals surface area (Å²) in [5, 5.41) is 2.78. The molecule has 1 aliphatic heterocycles. The van der Waals surface area contributed by atoms with E-state index < -0.39 is 0 Å². The summed E-state index contributed by atoms with van der Waals surface area (Å²) in [5.74, 6) is -0.0123. The van der Waals surface area contributed by atoms with Crippen molar-refractivity contribution in [2.24, 2.45) is 0 Å². The van der Waals surface area contributed by atoms with E-state index in [9.17, 15) is 9.59 Å². The van der Waals surface area contributed by atoms with Crippen molar-refractivity contribution in [3.8, 4) is 0 Å². The van der Waals surface area contributed by atoms with E-state index in [4.69, 9.17) is 4.74 Å². The number of rotatable bonds is 3. The molecule has 2 amide bonds. The summed E-state index contributed by atoms with van der Waals surface area (Å²) in [6, 6.07) is -0.703. The molecule has 5 heteroatoms. The summed E-state index contributed by atoms with van der Waals surface area (Å²) in [6.07, 6.45) is 3.66. The minimum atomic E-state index is -0.388. The molecule has 1 aliphatic carbocycles. The summed E-state index contributed by atoms with van der Waals surface area (Å²) >= 11 is 0. The molecule has 4 atom stereocenters. The minimum absolute atomic E-state index is 0.0403. The first kappa shape index (κ1) is 13.3. The van der Waals surface area contributed by atoms with Crippen LogP contribution in [0.15, 0.2) is 0 Å². The van der Waals surface area contributed by atoms with Gasteiger partial charge in [0.05, 0.1) is 12.1 Å². The zero-order valence-electron chi connectivity index (χ0n) is 11.3. The van der Waals surface area contributed by atoms with E-state index in [0.717, 1.165) is 19.3 Å². The Morgan fingerprint density at radius 2 is 2.11 bits per heavy atom. The molecule has 1 saturated heterocycles. The van der Waals surface area contributed by atoms with Crippen LogP contribution in [0.1, 0.15) is 39.5 Å². The summed E-state index contributed by atoms with van der Waals surface area (Å²) in [6.45, 7) is 3.71. The number of nitrogens with one attached hydrogen (secondary N) is 1. The molecule has 1 heterocycles. The molecule has 0 bridgehead atoms. The minimum Gasteiger partial charge on any atom is -0.379 e. The Labute approximate surface area is 108 Å². The number of hydrogen-bond acceptors (Lipinski definition) is 3. The molecule has 2 fully saturated rings. The normalized spacial score (nSPS) is 36.9. The highest BCUT2D eigenvalue weighted by molar-refractivity contribution is 5.96. The Bertz CT molecular complexity index is 345. The van der Waals surface area contributed by atoms with Gasteiger partial charge in [-0.3, -0.25) is 9.59 Å². The maximum atomic E-state index is 12.4. The average molecular weight is 254 g/mol. The van der Waals surface area contributed by atoms with E-state index in [0.29, 0.717) is 6.42 Å². The van der Waals surface area contributed by atoms with Crippen LogP contribution in [0.25, 0.3) is 0 Å². The smallest absolute Gasteiger partial charge is 0.246 e. The lowest BCUT2D eigenvalue weighted by molar-refractivity contribution is -0.154. The summed E-state index contributed by atoms with van der Waals surface area (Å²) < 4.78 is 5.45. The van der Waals surface area contributed by atoms with Crippen LogP contribution in [0.2, 0.25) is 0 Å². The second-order valence-corrected chi connectivity index (χ2v) is 5.16. The number of carbonyl (C=O) groups is 2. The van der Waals surface area contributed by atoms with Crippen molar-refractivity contribution in [3.05, 3.63) is 0 Å². The molecule has 0 aromatic carbocycles. The van der Waals surface area contributed by atoms with E-state index in [1.165, 1.54) is 0 Å². The van der Waals surface area contributed by atoms with E-state index in [1.54, 1.807) is 18.9 Å². The van der Waals surface area contributed by atoms with Crippen molar-refractivity contribution < 1.29 is 14.3 Å². The van der Waals surface area contributed by atoms with Crippen LogP contribution >= 0.6 is 0 Å². The van der Waals surface area contributed by atoms with Gasteiger partial charge in [0.1, 0.15) is 12.1 Å². The van der Waals surface area contributed by atoms with Gasteiger partial charge in [0.2, 0.25) is 11.8 Å². The number of piperazine rings is 1. The Kier molecular flexibility index (Phi) is 3.90. The molecule has 1 saturated carbocycles. The molecule has 0 aromatic heterocycles. The molecular formula is C13H22N2O3. The number of ether oxygens (including phenoxy) is 1. The summed E-state index contributed by atoms with van der Waals surface area (Å²) in [5.41, 5.74) is 0. The number of hydrogen-bond donors (Lipinski definition) is 1. The first-order valence-electron chi connectivity index (χ1n) is 6.75. The number of amides is 2. The van der Waals surface area contributed by atoms with E-state index in [2.05, 4.69) is 5.32 Å². The fourth-order valence-corrected chi connectivity index (χ4v) is 3.08. The van der Waals surface area contributed by atoms with Crippen molar-refractivity contribution in [1.29, 1.82) is 0 Å². The first-order chi connectivity index (χ1) is 8.60. The van der Waals surface area contributed by atoms with Gasteiger partial charge in [0.25, 0.3) is 0 Å². The lowest BCUT2D eigenvalue weighted by Gasteiger charge is -2.42. The molecule has 0 spiro atoms. The highest BCUT2D eigenvalue weighted by Crippen LogP contribution is 2.30. The molecule has 102 valence electrons. The van der Waals surface area contributed by atoms with Gasteiger partial charge in [-0.2, -0.15) is 0 Å². The standard InChI is InChI=1S/C13H22N2O3/c1-4-9-13(17)15(8(2)12(16)14-9)10-6-5-7-11(10)18-3/h8-11H,4-7H2,1-3H3,(H,14,16). The molecule has 2 rings (SSSR count). The maximum absolute atomic E-state index is 12.4. The molecule has 1 N–H and O–H groups in total. The van der Waals surface area contributed by atoms with Crippen LogP contribution in [0.4, 0.5) is 0 Å². The van der Waals surface area contributed by atoms with Crippen molar-refractivity contribution in [3.63, 3.8) is 0 Å². The largest absolute Gasteiger partial charge is 0.379 e. The molecule has 4 unspecified atom stereocenters. The van der Waals surface area contributed by atoms with Gasteiger partial charge in [0, 0.05) is 7.11 Å². The van der Waals surface area contributed by atoms with Crippen LogP contribution in [-0.2, 0) is 14.3 Å². The predicted molar refractivity (Wildman–Crippen MR) is 67.0 cm³/mol. The maximum Gasteiger partial charge on any atom is 0.246 e. The van der Waals surface area contributed by atoms with Gasteiger partial charge in [-0.05, 0) is 32.6 Å². The van der Waals surface area contributed by atoms with Crippen molar-refractivity contribution in [2.75, 3.05) is 7.11 Å². The van der Waals surface area contributed by atoms with Crippen LogP contribution in [0.5, 0.6) is 0 Å². The molecule has 5 nitrogen and oxygen atoms in total. The fraction of sp³-hybridized carbons (Fsp3) is 0.846. The molecular weight excluding hydrogens is 232 g/mol. The lowest BCUT2D eigenvalue weighted by atomic mass is 10.0. The van der Waals surface area contributed by atoms with Crippen molar-refractivity contribution in [2.45, 2.75) is 63.8 Å². The topological polar surface area (TPSA) is 58.6 Å². The fourth-order valence-electron chi connectivity index (χ4n) is 3.08. The number of methoxy groups -OCH3 is 1. The lowest BCUT2D eigenvalue weighted by Crippen LogP contribution is -2.65. The second kappa shape index (κ2) is 5.26. The van der Waals surface area contributed by atoms with E-state index in [1.807, 2.05) is 6.92 Å². The average Bonchev–Trinajstić information content (AvgIpc) is 2.82. The molecule has 2 aliphatic rings. The SMILES string of the molecule is CCC1NC(=O)C(C)N(C2CCCC2OC)C1=O. The highest BCUT2D eigenvalue weighted by atomic mass is 16.5. The summed E-state index contributed by atoms with van der Waals surface area (Å²) in [7, 11) is 1.68. The van der Waals surface area contributed by atoms with Gasteiger partial charge in [0.15, 0.2) is 0 Å². The number of nitrogens with zero attached hydrogens (tertiary/aromatic N) is 1. The van der Waals surface area contributed by atoms with E-state index >= 15 is 0 Å². The highest BCUT2D eigenvalue weighted by Gasteiger charge is 2.44. The third-order valence-electron chi connectivity index (χ3n) is 4.15. The van der Waals surface area contributed by atoms with Gasteiger partial charge in [-0.1, -0.05) is 6.92 Å². The Hall–Kier alpha value is -1.10.